The maximum absolute atomic E-state index is 13.0. The average Bonchev–Trinajstić information content (AvgIpc) is 2.69. The van der Waals surface area contributed by atoms with Crippen LogP contribution in [-0.2, 0) is 14.8 Å². The van der Waals surface area contributed by atoms with Gasteiger partial charge in [-0.3, -0.25) is 4.79 Å². The Kier molecular flexibility index (Phi) is 8.05. The van der Waals surface area contributed by atoms with Crippen molar-refractivity contribution >= 4 is 28.3 Å². The highest BCUT2D eigenvalue weighted by Gasteiger charge is 2.32. The predicted octanol–water partition coefficient (Wildman–Crippen LogP) is 1.20. The number of halogens is 1. The molecule has 0 bridgehead atoms. The first kappa shape index (κ1) is 22.1. The van der Waals surface area contributed by atoms with E-state index in [-0.39, 0.29) is 28.8 Å². The Labute approximate surface area is 167 Å². The van der Waals surface area contributed by atoms with Crippen LogP contribution in [0.1, 0.15) is 23.2 Å². The van der Waals surface area contributed by atoms with Gasteiger partial charge in [0, 0.05) is 26.2 Å². The molecule has 152 valence electrons. The van der Waals surface area contributed by atoms with Crippen LogP contribution in [0.3, 0.4) is 0 Å². The van der Waals surface area contributed by atoms with Gasteiger partial charge in [0.2, 0.25) is 10.0 Å². The predicted molar refractivity (Wildman–Crippen MR) is 106 cm³/mol. The van der Waals surface area contributed by atoms with Gasteiger partial charge in [0.15, 0.2) is 0 Å². The minimum Gasteiger partial charge on any atom is -0.379 e. The first-order valence-electron chi connectivity index (χ1n) is 9.15. The summed E-state index contributed by atoms with van der Waals surface area (Å²) >= 11 is 0. The molecule has 0 aromatic heterocycles. The standard InChI is InChI=1S/C18H27N3O4S.ClH/c1-19-14-15-6-8-20(9-7-15)18(22)16-4-2-3-5-17(16)26(23,24)21-10-12-25-13-11-21;/h2-5,15,19H,6-14H2,1H3;1H. The molecule has 27 heavy (non-hydrogen) atoms. The fraction of sp³-hybridized carbons (Fsp3) is 0.611. The summed E-state index contributed by atoms with van der Waals surface area (Å²) in [5.74, 6) is 0.372. The van der Waals surface area contributed by atoms with E-state index in [1.807, 2.05) is 7.05 Å². The van der Waals surface area contributed by atoms with Crippen LogP contribution in [-0.4, -0.2) is 76.5 Å². The van der Waals surface area contributed by atoms with Gasteiger partial charge in [-0.25, -0.2) is 8.42 Å². The lowest BCUT2D eigenvalue weighted by molar-refractivity contribution is 0.0683. The summed E-state index contributed by atoms with van der Waals surface area (Å²) in [4.78, 5) is 14.9. The van der Waals surface area contributed by atoms with Crippen molar-refractivity contribution in [3.63, 3.8) is 0 Å². The van der Waals surface area contributed by atoms with E-state index in [1.54, 1.807) is 23.1 Å². The van der Waals surface area contributed by atoms with Crippen molar-refractivity contribution in [1.82, 2.24) is 14.5 Å². The van der Waals surface area contributed by atoms with E-state index in [1.165, 1.54) is 10.4 Å². The Bertz CT molecular complexity index is 730. The molecule has 9 heteroatoms. The molecule has 1 amide bonds. The van der Waals surface area contributed by atoms with Gasteiger partial charge in [0.25, 0.3) is 5.91 Å². The number of carbonyl (C=O) groups is 1. The Morgan fingerprint density at radius 1 is 1.15 bits per heavy atom. The highest BCUT2D eigenvalue weighted by Crippen LogP contribution is 2.24. The zero-order chi connectivity index (χ0) is 18.6. The average molecular weight is 418 g/mol. The number of amides is 1. The molecule has 1 aromatic rings. The van der Waals surface area contributed by atoms with Gasteiger partial charge < -0.3 is 15.0 Å². The Hall–Kier alpha value is -1.19. The summed E-state index contributed by atoms with van der Waals surface area (Å²) < 4.78 is 32.7. The Morgan fingerprint density at radius 3 is 2.41 bits per heavy atom. The van der Waals surface area contributed by atoms with Crippen molar-refractivity contribution in [2.24, 2.45) is 5.92 Å². The number of carbonyl (C=O) groups excluding carboxylic acids is 1. The number of hydrogen-bond donors (Lipinski definition) is 1. The number of benzene rings is 1. The van der Waals surface area contributed by atoms with Crippen LogP contribution in [0.5, 0.6) is 0 Å². The van der Waals surface area contributed by atoms with E-state index < -0.39 is 10.0 Å². The van der Waals surface area contributed by atoms with E-state index in [9.17, 15) is 13.2 Å². The van der Waals surface area contributed by atoms with Crippen molar-refractivity contribution in [2.45, 2.75) is 17.7 Å². The minimum atomic E-state index is -3.70. The number of piperidine rings is 1. The Balaban J connectivity index is 0.00000261. The molecule has 0 saturated carbocycles. The first-order valence-corrected chi connectivity index (χ1v) is 10.6. The van der Waals surface area contributed by atoms with Crippen molar-refractivity contribution in [3.05, 3.63) is 29.8 Å². The normalized spacial score (nSPS) is 19.5. The lowest BCUT2D eigenvalue weighted by Gasteiger charge is -2.33. The second-order valence-corrected chi connectivity index (χ2v) is 8.71. The van der Waals surface area contributed by atoms with Crippen molar-refractivity contribution in [2.75, 3.05) is 53.0 Å². The number of hydrogen-bond acceptors (Lipinski definition) is 5. The number of sulfonamides is 1. The summed E-state index contributed by atoms with van der Waals surface area (Å²) in [6.45, 7) is 3.68. The molecule has 2 aliphatic rings. The summed E-state index contributed by atoms with van der Waals surface area (Å²) in [5, 5.41) is 3.18. The molecule has 0 unspecified atom stereocenters. The van der Waals surface area contributed by atoms with Gasteiger partial charge in [-0.1, -0.05) is 12.1 Å². The lowest BCUT2D eigenvalue weighted by atomic mass is 9.96. The molecule has 1 aromatic carbocycles. The van der Waals surface area contributed by atoms with Crippen LogP contribution >= 0.6 is 12.4 Å². The van der Waals surface area contributed by atoms with E-state index in [2.05, 4.69) is 5.32 Å². The first-order chi connectivity index (χ1) is 12.5. The van der Waals surface area contributed by atoms with Crippen LogP contribution in [0.15, 0.2) is 29.2 Å². The molecule has 0 aliphatic carbocycles. The fourth-order valence-electron chi connectivity index (χ4n) is 3.59. The van der Waals surface area contributed by atoms with Gasteiger partial charge in [-0.15, -0.1) is 12.4 Å². The maximum Gasteiger partial charge on any atom is 0.255 e. The molecule has 7 nitrogen and oxygen atoms in total. The lowest BCUT2D eigenvalue weighted by Crippen LogP contribution is -2.43. The van der Waals surface area contributed by atoms with Crippen LogP contribution < -0.4 is 5.32 Å². The molecular formula is C18H28ClN3O4S. The molecule has 3 rings (SSSR count). The zero-order valence-corrected chi connectivity index (χ0v) is 17.2. The second-order valence-electron chi connectivity index (χ2n) is 6.81. The molecule has 2 aliphatic heterocycles. The van der Waals surface area contributed by atoms with E-state index in [0.717, 1.165) is 19.4 Å². The zero-order valence-electron chi connectivity index (χ0n) is 15.6. The number of nitrogens with one attached hydrogen (secondary N) is 1. The fourth-order valence-corrected chi connectivity index (χ4v) is 5.19. The third-order valence-corrected chi connectivity index (χ3v) is 7.06. The van der Waals surface area contributed by atoms with Gasteiger partial charge in [0.1, 0.15) is 0 Å². The quantitative estimate of drug-likeness (QED) is 0.778. The number of ether oxygens (including phenoxy) is 1. The number of morpholine rings is 1. The van der Waals surface area contributed by atoms with Crippen LogP contribution in [0.2, 0.25) is 0 Å². The van der Waals surface area contributed by atoms with Gasteiger partial charge in [-0.05, 0) is 44.5 Å². The van der Waals surface area contributed by atoms with E-state index in [4.69, 9.17) is 4.74 Å². The van der Waals surface area contributed by atoms with Crippen molar-refractivity contribution < 1.29 is 17.9 Å². The molecule has 0 radical (unpaired) electrons. The largest absolute Gasteiger partial charge is 0.379 e. The van der Waals surface area contributed by atoms with E-state index in [0.29, 0.717) is 45.3 Å². The molecule has 0 spiro atoms. The summed E-state index contributed by atoms with van der Waals surface area (Å²) in [6.07, 6.45) is 1.87. The highest BCUT2D eigenvalue weighted by atomic mass is 35.5. The second kappa shape index (κ2) is 9.84. The topological polar surface area (TPSA) is 79.0 Å². The van der Waals surface area contributed by atoms with Gasteiger partial charge in [0.05, 0.1) is 23.7 Å². The maximum atomic E-state index is 13.0. The van der Waals surface area contributed by atoms with Gasteiger partial charge >= 0.3 is 0 Å². The third kappa shape index (κ3) is 5.00. The monoisotopic (exact) mass is 417 g/mol. The van der Waals surface area contributed by atoms with Crippen molar-refractivity contribution in [3.8, 4) is 0 Å². The molecule has 2 saturated heterocycles. The number of nitrogens with zero attached hydrogens (tertiary/aromatic N) is 2. The highest BCUT2D eigenvalue weighted by molar-refractivity contribution is 7.89. The SMILES string of the molecule is CNCC1CCN(C(=O)c2ccccc2S(=O)(=O)N2CCOCC2)CC1.Cl. The van der Waals surface area contributed by atoms with Crippen molar-refractivity contribution in [1.29, 1.82) is 0 Å². The molecule has 0 atom stereocenters. The van der Waals surface area contributed by atoms with E-state index >= 15 is 0 Å². The number of likely N-dealkylation sites (tertiary alicyclic amines) is 1. The molecular weight excluding hydrogens is 390 g/mol. The molecule has 2 fully saturated rings. The third-order valence-electron chi connectivity index (χ3n) is 5.10. The summed E-state index contributed by atoms with van der Waals surface area (Å²) in [5.41, 5.74) is 0.269. The molecule has 1 N–H and O–H groups in total. The summed E-state index contributed by atoms with van der Waals surface area (Å²) in [7, 11) is -1.77. The number of rotatable bonds is 5. The smallest absolute Gasteiger partial charge is 0.255 e. The van der Waals surface area contributed by atoms with Crippen LogP contribution in [0.4, 0.5) is 0 Å². The van der Waals surface area contributed by atoms with Gasteiger partial charge in [-0.2, -0.15) is 4.31 Å². The van der Waals surface area contributed by atoms with Crippen LogP contribution in [0.25, 0.3) is 0 Å². The summed E-state index contributed by atoms with van der Waals surface area (Å²) in [6, 6.07) is 6.55. The molecule has 2 heterocycles. The minimum absolute atomic E-state index is 0. The Morgan fingerprint density at radius 2 is 1.78 bits per heavy atom. The van der Waals surface area contributed by atoms with Crippen LogP contribution in [0, 0.1) is 5.92 Å².